The maximum absolute atomic E-state index is 11.2. The summed E-state index contributed by atoms with van der Waals surface area (Å²) in [5.41, 5.74) is 0.592. The number of nitrogens with zero attached hydrogens (tertiary/aromatic N) is 2. The first-order chi connectivity index (χ1) is 9.58. The molecule has 0 radical (unpaired) electrons. The number of rotatable bonds is 4. The van der Waals surface area contributed by atoms with Gasteiger partial charge in [0.05, 0.1) is 6.20 Å². The molecule has 1 amide bonds. The number of ether oxygens (including phenoxy) is 1. The van der Waals surface area contributed by atoms with E-state index in [4.69, 9.17) is 16.3 Å². The van der Waals surface area contributed by atoms with Gasteiger partial charge in [0, 0.05) is 11.8 Å². The van der Waals surface area contributed by atoms with E-state index in [0.717, 1.165) is 0 Å². The van der Waals surface area contributed by atoms with E-state index in [-0.39, 0.29) is 11.8 Å². The fourth-order valence-corrected chi connectivity index (χ4v) is 1.58. The Morgan fingerprint density at radius 2 is 2.30 bits per heavy atom. The first-order valence-electron chi connectivity index (χ1n) is 5.79. The molecule has 1 aromatic heterocycles. The Morgan fingerprint density at radius 3 is 3.05 bits per heavy atom. The van der Waals surface area contributed by atoms with Gasteiger partial charge in [-0.15, -0.1) is 0 Å². The fourth-order valence-electron chi connectivity index (χ4n) is 1.45. The minimum absolute atomic E-state index is 0.270. The molecule has 0 aliphatic rings. The Morgan fingerprint density at radius 1 is 1.50 bits per heavy atom. The molecule has 0 spiro atoms. The molecule has 102 valence electrons. The van der Waals surface area contributed by atoms with E-state index in [1.807, 2.05) is 0 Å². The standard InChI is InChI=1S/C14H12ClN3O2/c1-3-13(19)18-10-5-4-6-11(7-10)20-14-12(15)8-16-9(2)17-14/h3-8H,1H2,2H3,(H,18,19). The van der Waals surface area contributed by atoms with Crippen LogP contribution >= 0.6 is 11.6 Å². The number of hydrogen-bond acceptors (Lipinski definition) is 4. The number of amides is 1. The lowest BCUT2D eigenvalue weighted by molar-refractivity contribution is -0.111. The van der Waals surface area contributed by atoms with Crippen molar-refractivity contribution >= 4 is 23.2 Å². The Bertz CT molecular complexity index is 659. The van der Waals surface area contributed by atoms with E-state index >= 15 is 0 Å². The van der Waals surface area contributed by atoms with Crippen molar-refractivity contribution in [3.8, 4) is 11.6 Å². The third-order valence-electron chi connectivity index (χ3n) is 2.33. The fraction of sp³-hybridized carbons (Fsp3) is 0.0714. The zero-order valence-corrected chi connectivity index (χ0v) is 11.5. The first kappa shape index (κ1) is 14.0. The monoisotopic (exact) mass is 289 g/mol. The molecule has 2 rings (SSSR count). The van der Waals surface area contributed by atoms with Gasteiger partial charge in [-0.05, 0) is 25.1 Å². The van der Waals surface area contributed by atoms with Crippen LogP contribution < -0.4 is 10.1 Å². The first-order valence-corrected chi connectivity index (χ1v) is 6.17. The lowest BCUT2D eigenvalue weighted by Crippen LogP contribution is -2.07. The number of nitrogens with one attached hydrogen (secondary N) is 1. The number of halogens is 1. The van der Waals surface area contributed by atoms with Gasteiger partial charge in [-0.2, -0.15) is 4.98 Å². The third kappa shape index (κ3) is 3.55. The van der Waals surface area contributed by atoms with Crippen molar-refractivity contribution in [2.45, 2.75) is 6.92 Å². The molecule has 0 saturated heterocycles. The average Bonchev–Trinajstić information content (AvgIpc) is 2.43. The van der Waals surface area contributed by atoms with Crippen molar-refractivity contribution < 1.29 is 9.53 Å². The molecule has 0 saturated carbocycles. The van der Waals surface area contributed by atoms with E-state index in [2.05, 4.69) is 21.9 Å². The summed E-state index contributed by atoms with van der Waals surface area (Å²) in [6.45, 7) is 5.13. The highest BCUT2D eigenvalue weighted by Crippen LogP contribution is 2.27. The number of anilines is 1. The summed E-state index contributed by atoms with van der Waals surface area (Å²) in [7, 11) is 0. The van der Waals surface area contributed by atoms with Crippen LogP contribution in [-0.2, 0) is 4.79 Å². The predicted molar refractivity (Wildman–Crippen MR) is 77.1 cm³/mol. The van der Waals surface area contributed by atoms with Gasteiger partial charge >= 0.3 is 0 Å². The third-order valence-corrected chi connectivity index (χ3v) is 2.59. The topological polar surface area (TPSA) is 64.1 Å². The summed E-state index contributed by atoms with van der Waals surface area (Å²) in [6.07, 6.45) is 2.67. The summed E-state index contributed by atoms with van der Waals surface area (Å²) in [6, 6.07) is 6.88. The van der Waals surface area contributed by atoms with Crippen molar-refractivity contribution in [3.05, 3.63) is 54.0 Å². The predicted octanol–water partition coefficient (Wildman–Crippen LogP) is 3.36. The quantitative estimate of drug-likeness (QED) is 0.877. The molecule has 1 heterocycles. The van der Waals surface area contributed by atoms with Crippen molar-refractivity contribution in [2.75, 3.05) is 5.32 Å². The zero-order valence-electron chi connectivity index (χ0n) is 10.8. The molecular weight excluding hydrogens is 278 g/mol. The van der Waals surface area contributed by atoms with E-state index in [1.54, 1.807) is 31.2 Å². The highest BCUT2D eigenvalue weighted by molar-refractivity contribution is 6.31. The van der Waals surface area contributed by atoms with Crippen molar-refractivity contribution in [2.24, 2.45) is 0 Å². The van der Waals surface area contributed by atoms with Gasteiger partial charge < -0.3 is 10.1 Å². The van der Waals surface area contributed by atoms with Crippen LogP contribution in [0.5, 0.6) is 11.6 Å². The molecule has 20 heavy (non-hydrogen) atoms. The van der Waals surface area contributed by atoms with Crippen LogP contribution in [0.4, 0.5) is 5.69 Å². The van der Waals surface area contributed by atoms with Crippen molar-refractivity contribution in [3.63, 3.8) is 0 Å². The van der Waals surface area contributed by atoms with Crippen LogP contribution in [0.3, 0.4) is 0 Å². The number of aromatic nitrogens is 2. The van der Waals surface area contributed by atoms with Gasteiger partial charge in [-0.3, -0.25) is 4.79 Å². The molecule has 1 aromatic carbocycles. The Balaban J connectivity index is 2.21. The summed E-state index contributed by atoms with van der Waals surface area (Å²) in [5.74, 6) is 1.04. The number of hydrogen-bond donors (Lipinski definition) is 1. The van der Waals surface area contributed by atoms with Gasteiger partial charge in [0.1, 0.15) is 16.6 Å². The maximum atomic E-state index is 11.2. The number of benzene rings is 1. The van der Waals surface area contributed by atoms with Crippen LogP contribution in [0, 0.1) is 6.92 Å². The van der Waals surface area contributed by atoms with Crippen LogP contribution in [0.15, 0.2) is 43.1 Å². The molecule has 0 aliphatic carbocycles. The number of aryl methyl sites for hydroxylation is 1. The molecule has 0 unspecified atom stereocenters. The second kappa shape index (κ2) is 6.16. The molecule has 5 nitrogen and oxygen atoms in total. The molecule has 6 heteroatoms. The summed E-state index contributed by atoms with van der Waals surface area (Å²) in [5, 5.41) is 2.96. The Hall–Kier alpha value is -2.40. The van der Waals surface area contributed by atoms with Crippen LogP contribution in [0.25, 0.3) is 0 Å². The second-order valence-electron chi connectivity index (χ2n) is 3.89. The van der Waals surface area contributed by atoms with Crippen molar-refractivity contribution in [1.82, 2.24) is 9.97 Å². The molecular formula is C14H12ClN3O2. The lowest BCUT2D eigenvalue weighted by atomic mass is 10.3. The molecule has 2 aromatic rings. The molecule has 0 aliphatic heterocycles. The van der Waals surface area contributed by atoms with E-state index < -0.39 is 0 Å². The number of carbonyl (C=O) groups excluding carboxylic acids is 1. The second-order valence-corrected chi connectivity index (χ2v) is 4.30. The van der Waals surface area contributed by atoms with Crippen LogP contribution in [0.1, 0.15) is 5.82 Å². The van der Waals surface area contributed by atoms with Gasteiger partial charge in [-0.25, -0.2) is 4.98 Å². The maximum Gasteiger partial charge on any atom is 0.247 e. The van der Waals surface area contributed by atoms with Gasteiger partial charge in [0.2, 0.25) is 11.8 Å². The Labute approximate surface area is 121 Å². The summed E-state index contributed by atoms with van der Waals surface area (Å²) in [4.78, 5) is 19.3. The van der Waals surface area contributed by atoms with Crippen molar-refractivity contribution in [1.29, 1.82) is 0 Å². The van der Waals surface area contributed by atoms with Crippen LogP contribution in [-0.4, -0.2) is 15.9 Å². The molecule has 0 bridgehead atoms. The van der Waals surface area contributed by atoms with E-state index in [1.165, 1.54) is 12.3 Å². The largest absolute Gasteiger partial charge is 0.437 e. The Kier molecular flexibility index (Phi) is 4.32. The van der Waals surface area contributed by atoms with Gasteiger partial charge in [-0.1, -0.05) is 24.2 Å². The minimum atomic E-state index is -0.293. The SMILES string of the molecule is C=CC(=O)Nc1cccc(Oc2nc(C)ncc2Cl)c1. The van der Waals surface area contributed by atoms with Crippen LogP contribution in [0.2, 0.25) is 5.02 Å². The minimum Gasteiger partial charge on any atom is -0.437 e. The average molecular weight is 290 g/mol. The summed E-state index contributed by atoms with van der Waals surface area (Å²) < 4.78 is 5.59. The van der Waals surface area contributed by atoms with E-state index in [9.17, 15) is 4.79 Å². The lowest BCUT2D eigenvalue weighted by Gasteiger charge is -2.08. The number of carbonyl (C=O) groups is 1. The zero-order chi connectivity index (χ0) is 14.5. The van der Waals surface area contributed by atoms with E-state index in [0.29, 0.717) is 22.3 Å². The van der Waals surface area contributed by atoms with Gasteiger partial charge in [0.25, 0.3) is 0 Å². The molecule has 0 fully saturated rings. The summed E-state index contributed by atoms with van der Waals surface area (Å²) >= 11 is 5.96. The molecule has 1 N–H and O–H groups in total. The normalized spacial score (nSPS) is 9.90. The highest BCUT2D eigenvalue weighted by atomic mass is 35.5. The molecule has 0 atom stereocenters. The smallest absolute Gasteiger partial charge is 0.247 e. The highest BCUT2D eigenvalue weighted by Gasteiger charge is 2.07. The van der Waals surface area contributed by atoms with Gasteiger partial charge in [0.15, 0.2) is 0 Å².